The first-order valence-corrected chi connectivity index (χ1v) is 11.7. The van der Waals surface area contributed by atoms with Crippen LogP contribution in [0.1, 0.15) is 30.9 Å². The van der Waals surface area contributed by atoms with Gasteiger partial charge in [0.2, 0.25) is 5.91 Å². The maximum atomic E-state index is 13.2. The van der Waals surface area contributed by atoms with E-state index in [1.165, 1.54) is 0 Å². The maximum absolute atomic E-state index is 13.2. The highest BCUT2D eigenvalue weighted by atomic mass is 16.2. The molecule has 1 heterocycles. The molecule has 1 aromatic heterocycles. The number of hydrogen-bond acceptors (Lipinski definition) is 7. The zero-order chi connectivity index (χ0) is 24.9. The van der Waals surface area contributed by atoms with Gasteiger partial charge in [-0.2, -0.15) is 10.4 Å². The average molecular weight is 470 g/mol. The Morgan fingerprint density at radius 1 is 1.20 bits per heavy atom. The van der Waals surface area contributed by atoms with Crippen molar-refractivity contribution >= 4 is 17.4 Å². The van der Waals surface area contributed by atoms with Crippen molar-refractivity contribution in [2.24, 2.45) is 5.11 Å². The molecule has 8 nitrogen and oxygen atoms in total. The molecule has 8 heteroatoms. The minimum atomic E-state index is -0.540. The second-order valence-electron chi connectivity index (χ2n) is 8.29. The summed E-state index contributed by atoms with van der Waals surface area (Å²) in [5, 5.41) is 22.0. The third-order valence-electron chi connectivity index (χ3n) is 5.57. The monoisotopic (exact) mass is 469 g/mol. The summed E-state index contributed by atoms with van der Waals surface area (Å²) in [6, 6.07) is 12.7. The topological polar surface area (TPSA) is 126 Å². The van der Waals surface area contributed by atoms with E-state index in [1.54, 1.807) is 24.4 Å². The molecule has 0 saturated heterocycles. The predicted molar refractivity (Wildman–Crippen MR) is 138 cm³/mol. The average Bonchev–Trinajstić information content (AvgIpc) is 3.17. The Bertz CT molecular complexity index is 1110. The van der Waals surface area contributed by atoms with Gasteiger partial charge in [-0.3, -0.25) is 4.79 Å². The third kappa shape index (κ3) is 8.32. The lowest BCUT2D eigenvalue weighted by atomic mass is 10.0. The number of allylic oxidation sites excluding steroid dienone is 4. The van der Waals surface area contributed by atoms with E-state index >= 15 is 0 Å². The Morgan fingerprint density at radius 2 is 2.03 bits per heavy atom. The van der Waals surface area contributed by atoms with Crippen molar-refractivity contribution in [2.75, 3.05) is 23.7 Å². The molecule has 0 bridgehead atoms. The number of nitrogens with zero attached hydrogens (tertiary/aromatic N) is 3. The van der Waals surface area contributed by atoms with Gasteiger partial charge in [-0.25, -0.2) is 10.5 Å². The summed E-state index contributed by atoms with van der Waals surface area (Å²) in [4.78, 5) is 17.6. The Morgan fingerprint density at radius 3 is 2.74 bits per heavy atom. The Labute approximate surface area is 206 Å². The van der Waals surface area contributed by atoms with Gasteiger partial charge in [0, 0.05) is 13.1 Å². The zero-order valence-corrected chi connectivity index (χ0v) is 19.9. The molecule has 0 spiro atoms. The molecule has 4 N–H and O–H groups in total. The number of benzene rings is 1. The summed E-state index contributed by atoms with van der Waals surface area (Å²) < 4.78 is 0. The Hall–Kier alpha value is -4.09. The second-order valence-corrected chi connectivity index (χ2v) is 8.29. The molecule has 0 fully saturated rings. The summed E-state index contributed by atoms with van der Waals surface area (Å²) >= 11 is 0. The number of nitrogens with one attached hydrogen (secondary N) is 4. The molecule has 0 radical (unpaired) electrons. The van der Waals surface area contributed by atoms with E-state index in [-0.39, 0.29) is 11.9 Å². The number of aromatic nitrogens is 1. The Balaban J connectivity index is 1.61. The molecule has 0 aliphatic heterocycles. The maximum Gasteiger partial charge on any atom is 0.247 e. The molecule has 3 rings (SSSR count). The molecule has 180 valence electrons. The van der Waals surface area contributed by atoms with Gasteiger partial charge < -0.3 is 16.0 Å². The molecule has 0 saturated carbocycles. The first kappa shape index (κ1) is 25.5. The van der Waals surface area contributed by atoms with E-state index in [0.29, 0.717) is 24.5 Å². The molecule has 1 aliphatic rings. The van der Waals surface area contributed by atoms with Crippen molar-refractivity contribution in [3.63, 3.8) is 0 Å². The van der Waals surface area contributed by atoms with Crippen molar-refractivity contribution in [3.05, 3.63) is 89.7 Å². The van der Waals surface area contributed by atoms with Crippen molar-refractivity contribution in [1.29, 1.82) is 10.8 Å². The van der Waals surface area contributed by atoms with Crippen LogP contribution in [0.5, 0.6) is 0 Å². The van der Waals surface area contributed by atoms with Crippen LogP contribution in [0.2, 0.25) is 0 Å². The lowest BCUT2D eigenvalue weighted by Gasteiger charge is -2.19. The standard InChI is InChI=1S/C27H31N7O/c1-20(34-29)14-16-30-24-12-13-25(32-19-24)33-27(35)26(23-6-4-2-3-5-7-23)31-17-15-21-8-10-22(18-28)11-9-21/h2,4-13,19-20,26,29-31H,3,14-17H2,1H3,(H,32,33,35). The molecule has 2 atom stereocenters. The second kappa shape index (κ2) is 13.6. The van der Waals surface area contributed by atoms with Gasteiger partial charge in [0.25, 0.3) is 0 Å². The van der Waals surface area contributed by atoms with Crippen LogP contribution >= 0.6 is 0 Å². The van der Waals surface area contributed by atoms with Gasteiger partial charge in [0.05, 0.1) is 29.6 Å². The summed E-state index contributed by atoms with van der Waals surface area (Å²) in [5.41, 5.74) is 10.5. The number of amides is 1. The fourth-order valence-corrected chi connectivity index (χ4v) is 3.52. The van der Waals surface area contributed by atoms with Crippen LogP contribution < -0.4 is 16.0 Å². The van der Waals surface area contributed by atoms with Crippen molar-refractivity contribution in [1.82, 2.24) is 10.3 Å². The lowest BCUT2D eigenvalue weighted by Crippen LogP contribution is -2.42. The van der Waals surface area contributed by atoms with Crippen LogP contribution in [0.15, 0.2) is 83.7 Å². The zero-order valence-electron chi connectivity index (χ0n) is 19.9. The van der Waals surface area contributed by atoms with Crippen molar-refractivity contribution < 1.29 is 4.79 Å². The summed E-state index contributed by atoms with van der Waals surface area (Å²) in [6.45, 7) is 3.18. The normalized spacial score (nSPS) is 14.2. The summed E-state index contributed by atoms with van der Waals surface area (Å²) in [6.07, 6.45) is 14.0. The van der Waals surface area contributed by atoms with Crippen molar-refractivity contribution in [3.8, 4) is 6.07 Å². The molecule has 1 aromatic carbocycles. The number of carbonyl (C=O) groups excluding carboxylic acids is 1. The van der Waals surface area contributed by atoms with Crippen LogP contribution in [-0.4, -0.2) is 36.1 Å². The highest BCUT2D eigenvalue weighted by molar-refractivity contribution is 5.96. The molecular weight excluding hydrogens is 438 g/mol. The number of rotatable bonds is 12. The van der Waals surface area contributed by atoms with Gasteiger partial charge in [0.15, 0.2) is 0 Å². The van der Waals surface area contributed by atoms with Crippen LogP contribution in [-0.2, 0) is 11.2 Å². The van der Waals surface area contributed by atoms with Gasteiger partial charge >= 0.3 is 0 Å². The highest BCUT2D eigenvalue weighted by Crippen LogP contribution is 2.15. The molecular formula is C27H31N7O. The van der Waals surface area contributed by atoms with E-state index in [2.05, 4.69) is 32.1 Å². The van der Waals surface area contributed by atoms with Crippen LogP contribution in [0.4, 0.5) is 11.5 Å². The summed E-state index contributed by atoms with van der Waals surface area (Å²) in [5.74, 6) is 0.290. The van der Waals surface area contributed by atoms with Gasteiger partial charge in [0.1, 0.15) is 11.9 Å². The molecule has 2 aromatic rings. The van der Waals surface area contributed by atoms with Crippen LogP contribution in [0, 0.1) is 16.9 Å². The lowest BCUT2D eigenvalue weighted by molar-refractivity contribution is -0.117. The number of carbonyl (C=O) groups is 1. The molecule has 1 aliphatic carbocycles. The van der Waals surface area contributed by atoms with E-state index < -0.39 is 6.04 Å². The first-order chi connectivity index (χ1) is 17.1. The smallest absolute Gasteiger partial charge is 0.247 e. The SMILES string of the molecule is CC(CCNc1ccc(NC(=O)C(NCCc2ccc(C#N)cc2)C2=CC=CCC=C2)nc1)N=N. The number of anilines is 2. The van der Waals surface area contributed by atoms with Crippen LogP contribution in [0.25, 0.3) is 0 Å². The number of nitriles is 1. The molecule has 1 amide bonds. The number of pyridine rings is 1. The predicted octanol–water partition coefficient (Wildman–Crippen LogP) is 4.76. The number of hydrogen-bond donors (Lipinski definition) is 4. The summed E-state index contributed by atoms with van der Waals surface area (Å²) in [7, 11) is 0. The van der Waals surface area contributed by atoms with E-state index in [1.807, 2.05) is 55.5 Å². The quantitative estimate of drug-likeness (QED) is 0.334. The molecule has 35 heavy (non-hydrogen) atoms. The van der Waals surface area contributed by atoms with E-state index in [4.69, 9.17) is 10.8 Å². The van der Waals surface area contributed by atoms with Gasteiger partial charge in [-0.1, -0.05) is 42.5 Å². The van der Waals surface area contributed by atoms with Gasteiger partial charge in [-0.15, -0.1) is 0 Å². The van der Waals surface area contributed by atoms with Crippen molar-refractivity contribution in [2.45, 2.75) is 38.3 Å². The minimum absolute atomic E-state index is 0.0162. The Kier molecular flexibility index (Phi) is 9.90. The fraction of sp³-hybridized carbons (Fsp3) is 0.296. The van der Waals surface area contributed by atoms with E-state index in [9.17, 15) is 4.79 Å². The highest BCUT2D eigenvalue weighted by Gasteiger charge is 2.21. The van der Waals surface area contributed by atoms with E-state index in [0.717, 1.165) is 36.1 Å². The largest absolute Gasteiger partial charge is 0.384 e. The fourth-order valence-electron chi connectivity index (χ4n) is 3.52. The molecule has 2 unspecified atom stereocenters. The third-order valence-corrected chi connectivity index (χ3v) is 5.57. The first-order valence-electron chi connectivity index (χ1n) is 11.7. The minimum Gasteiger partial charge on any atom is -0.384 e. The van der Waals surface area contributed by atoms with Gasteiger partial charge in [-0.05, 0) is 61.6 Å². The van der Waals surface area contributed by atoms with Crippen LogP contribution in [0.3, 0.4) is 0 Å².